The van der Waals surface area contributed by atoms with E-state index in [9.17, 15) is 0 Å². The van der Waals surface area contributed by atoms with Crippen LogP contribution in [0.5, 0.6) is 0 Å². The number of hydrogen-bond acceptors (Lipinski definition) is 2. The van der Waals surface area contributed by atoms with Gasteiger partial charge in [-0.25, -0.2) is 0 Å². The average Bonchev–Trinajstić information content (AvgIpc) is 2.78. The molecule has 0 amide bonds. The molecule has 19 heavy (non-hydrogen) atoms. The van der Waals surface area contributed by atoms with Crippen LogP contribution in [0.25, 0.3) is 0 Å². The Hall–Kier alpha value is -0.830. The number of hydrogen-bond donors (Lipinski definition) is 1. The smallest absolute Gasteiger partial charge is 0.0762 e. The van der Waals surface area contributed by atoms with Gasteiger partial charge in [-0.3, -0.25) is 4.68 Å². The molecule has 0 spiro atoms. The maximum absolute atomic E-state index is 4.67. The Labute approximate surface area is 118 Å². The summed E-state index contributed by atoms with van der Waals surface area (Å²) >= 11 is 0. The minimum atomic E-state index is 0.363. The zero-order valence-electron chi connectivity index (χ0n) is 13.5. The molecule has 1 atom stereocenters. The van der Waals surface area contributed by atoms with Gasteiger partial charge in [-0.1, -0.05) is 41.5 Å². The topological polar surface area (TPSA) is 29.9 Å². The van der Waals surface area contributed by atoms with E-state index in [-0.39, 0.29) is 0 Å². The largest absolute Gasteiger partial charge is 0.311 e. The molecule has 0 aliphatic carbocycles. The molecule has 0 bridgehead atoms. The number of nitrogens with one attached hydrogen (secondary N) is 1. The van der Waals surface area contributed by atoms with Gasteiger partial charge in [0.05, 0.1) is 11.7 Å². The minimum Gasteiger partial charge on any atom is -0.311 e. The predicted molar refractivity (Wildman–Crippen MR) is 82.2 cm³/mol. The van der Waals surface area contributed by atoms with Crippen molar-refractivity contribution in [2.75, 3.05) is 6.54 Å². The molecule has 0 saturated heterocycles. The van der Waals surface area contributed by atoms with Crippen molar-refractivity contribution < 1.29 is 0 Å². The lowest BCUT2D eigenvalue weighted by Gasteiger charge is -2.27. The second kappa shape index (κ2) is 7.09. The van der Waals surface area contributed by atoms with E-state index in [1.54, 1.807) is 0 Å². The SMILES string of the molecule is CCC(CC)n1ccc(CNCC(C)C(C)(C)C)n1. The predicted octanol–water partition coefficient (Wildman–Crippen LogP) is 4.02. The van der Waals surface area contributed by atoms with Gasteiger partial charge in [0.25, 0.3) is 0 Å². The van der Waals surface area contributed by atoms with Gasteiger partial charge in [0.1, 0.15) is 0 Å². The van der Waals surface area contributed by atoms with E-state index >= 15 is 0 Å². The van der Waals surface area contributed by atoms with E-state index in [0.29, 0.717) is 17.4 Å². The Kier molecular flexibility index (Phi) is 6.05. The Morgan fingerprint density at radius 3 is 2.42 bits per heavy atom. The van der Waals surface area contributed by atoms with Crippen molar-refractivity contribution in [3.05, 3.63) is 18.0 Å². The first-order valence-corrected chi connectivity index (χ1v) is 7.63. The van der Waals surface area contributed by atoms with Crippen LogP contribution in [-0.2, 0) is 6.54 Å². The second-order valence-corrected chi connectivity index (χ2v) is 6.66. The van der Waals surface area contributed by atoms with Crippen LogP contribution in [-0.4, -0.2) is 16.3 Å². The maximum atomic E-state index is 4.67. The number of nitrogens with zero attached hydrogens (tertiary/aromatic N) is 2. The third kappa shape index (κ3) is 4.98. The van der Waals surface area contributed by atoms with E-state index in [0.717, 1.165) is 31.6 Å². The molecule has 1 aromatic heterocycles. The van der Waals surface area contributed by atoms with Gasteiger partial charge in [-0.15, -0.1) is 0 Å². The molecule has 1 rings (SSSR count). The van der Waals surface area contributed by atoms with Crippen molar-refractivity contribution in [3.63, 3.8) is 0 Å². The molecule has 3 heteroatoms. The second-order valence-electron chi connectivity index (χ2n) is 6.66. The molecular weight excluding hydrogens is 234 g/mol. The van der Waals surface area contributed by atoms with Gasteiger partial charge >= 0.3 is 0 Å². The molecule has 3 nitrogen and oxygen atoms in total. The van der Waals surface area contributed by atoms with E-state index in [1.807, 2.05) is 0 Å². The normalized spacial score (nSPS) is 14.1. The molecule has 0 fully saturated rings. The van der Waals surface area contributed by atoms with Crippen LogP contribution in [0.3, 0.4) is 0 Å². The van der Waals surface area contributed by atoms with Gasteiger partial charge in [-0.05, 0) is 36.8 Å². The van der Waals surface area contributed by atoms with E-state index < -0.39 is 0 Å². The van der Waals surface area contributed by atoms with Crippen molar-refractivity contribution in [2.45, 2.75) is 67.0 Å². The molecule has 0 radical (unpaired) electrons. The minimum absolute atomic E-state index is 0.363. The highest BCUT2D eigenvalue weighted by Gasteiger charge is 2.19. The molecule has 1 unspecified atom stereocenters. The quantitative estimate of drug-likeness (QED) is 0.807. The van der Waals surface area contributed by atoms with Crippen LogP contribution in [0.1, 0.15) is 66.1 Å². The van der Waals surface area contributed by atoms with Gasteiger partial charge in [0.2, 0.25) is 0 Å². The van der Waals surface area contributed by atoms with Crippen molar-refractivity contribution >= 4 is 0 Å². The van der Waals surface area contributed by atoms with E-state index in [2.05, 4.69) is 68.9 Å². The standard InChI is InChI=1S/C16H31N3/c1-7-15(8-2)19-10-9-14(18-19)12-17-11-13(3)16(4,5)6/h9-10,13,15,17H,7-8,11-12H2,1-6H3. The zero-order valence-corrected chi connectivity index (χ0v) is 13.5. The van der Waals surface area contributed by atoms with Gasteiger partial charge in [0.15, 0.2) is 0 Å². The summed E-state index contributed by atoms with van der Waals surface area (Å²) in [4.78, 5) is 0. The molecule has 110 valence electrons. The molecule has 0 aromatic carbocycles. The van der Waals surface area contributed by atoms with Crippen molar-refractivity contribution in [1.82, 2.24) is 15.1 Å². The molecular formula is C16H31N3. The van der Waals surface area contributed by atoms with Crippen molar-refractivity contribution in [2.24, 2.45) is 11.3 Å². The fraction of sp³-hybridized carbons (Fsp3) is 0.812. The Morgan fingerprint density at radius 2 is 1.89 bits per heavy atom. The summed E-state index contributed by atoms with van der Waals surface area (Å²) in [7, 11) is 0. The van der Waals surface area contributed by atoms with E-state index in [4.69, 9.17) is 0 Å². The highest BCUT2D eigenvalue weighted by molar-refractivity contribution is 4.99. The highest BCUT2D eigenvalue weighted by atomic mass is 15.3. The van der Waals surface area contributed by atoms with Gasteiger partial charge in [0, 0.05) is 12.7 Å². The van der Waals surface area contributed by atoms with Crippen LogP contribution >= 0.6 is 0 Å². The summed E-state index contributed by atoms with van der Waals surface area (Å²) in [6, 6.07) is 2.68. The lowest BCUT2D eigenvalue weighted by Crippen LogP contribution is -2.29. The maximum Gasteiger partial charge on any atom is 0.0762 e. The first kappa shape index (κ1) is 16.2. The molecule has 0 saturated carbocycles. The Bertz CT molecular complexity index is 358. The molecule has 1 heterocycles. The third-order valence-electron chi connectivity index (χ3n) is 4.22. The fourth-order valence-corrected chi connectivity index (χ4v) is 2.06. The van der Waals surface area contributed by atoms with Crippen LogP contribution in [0.4, 0.5) is 0 Å². The number of aromatic nitrogens is 2. The van der Waals surface area contributed by atoms with Crippen LogP contribution in [0.2, 0.25) is 0 Å². The van der Waals surface area contributed by atoms with Crippen LogP contribution < -0.4 is 5.32 Å². The summed E-state index contributed by atoms with van der Waals surface area (Å²) in [5, 5.41) is 8.19. The first-order valence-electron chi connectivity index (χ1n) is 7.63. The molecule has 0 aliphatic rings. The average molecular weight is 265 g/mol. The van der Waals surface area contributed by atoms with Crippen molar-refractivity contribution in [1.29, 1.82) is 0 Å². The van der Waals surface area contributed by atoms with Crippen LogP contribution in [0, 0.1) is 11.3 Å². The van der Waals surface area contributed by atoms with Crippen molar-refractivity contribution in [3.8, 4) is 0 Å². The summed E-state index contributed by atoms with van der Waals surface area (Å²) in [5.74, 6) is 0.661. The summed E-state index contributed by atoms with van der Waals surface area (Å²) < 4.78 is 2.12. The number of rotatable bonds is 7. The highest BCUT2D eigenvalue weighted by Crippen LogP contribution is 2.24. The molecule has 1 aromatic rings. The summed E-state index contributed by atoms with van der Waals surface area (Å²) in [5.41, 5.74) is 1.51. The Balaban J connectivity index is 2.43. The van der Waals surface area contributed by atoms with Crippen LogP contribution in [0.15, 0.2) is 12.3 Å². The molecule has 1 N–H and O–H groups in total. The van der Waals surface area contributed by atoms with Gasteiger partial charge < -0.3 is 5.32 Å². The lowest BCUT2D eigenvalue weighted by atomic mass is 9.82. The first-order chi connectivity index (χ1) is 8.88. The van der Waals surface area contributed by atoms with Gasteiger partial charge in [-0.2, -0.15) is 5.10 Å². The monoisotopic (exact) mass is 265 g/mol. The zero-order chi connectivity index (χ0) is 14.5. The third-order valence-corrected chi connectivity index (χ3v) is 4.22. The summed E-state index contributed by atoms with van der Waals surface area (Å²) in [6.07, 6.45) is 4.40. The lowest BCUT2D eigenvalue weighted by molar-refractivity contribution is 0.252. The Morgan fingerprint density at radius 1 is 1.26 bits per heavy atom. The van der Waals surface area contributed by atoms with E-state index in [1.165, 1.54) is 0 Å². The fourth-order valence-electron chi connectivity index (χ4n) is 2.06. The summed E-state index contributed by atoms with van der Waals surface area (Å²) in [6.45, 7) is 15.5. The molecule has 0 aliphatic heterocycles.